The molecule has 0 amide bonds. The number of benzene rings is 1. The largest absolute Gasteiger partial charge is 0.389 e. The van der Waals surface area contributed by atoms with E-state index >= 15 is 0 Å². The molecule has 0 bridgehead atoms. The van der Waals surface area contributed by atoms with E-state index < -0.39 is 6.10 Å². The van der Waals surface area contributed by atoms with Crippen LogP contribution in [0.15, 0.2) is 48.8 Å². The summed E-state index contributed by atoms with van der Waals surface area (Å²) in [6.45, 7) is 2.74. The van der Waals surface area contributed by atoms with Crippen molar-refractivity contribution in [2.24, 2.45) is 0 Å². The predicted molar refractivity (Wildman–Crippen MR) is 78.3 cm³/mol. The van der Waals surface area contributed by atoms with Crippen LogP contribution in [0.4, 0.5) is 5.69 Å². The third-order valence-electron chi connectivity index (χ3n) is 3.30. The zero-order valence-electron chi connectivity index (χ0n) is 11.5. The monoisotopic (exact) mass is 256 g/mol. The van der Waals surface area contributed by atoms with Gasteiger partial charge in [0, 0.05) is 31.7 Å². The maximum atomic E-state index is 9.49. The van der Waals surface area contributed by atoms with Gasteiger partial charge in [0.15, 0.2) is 0 Å². The van der Waals surface area contributed by atoms with Crippen LogP contribution in [0.1, 0.15) is 24.2 Å². The maximum Gasteiger partial charge on any atom is 0.0761 e. The molecule has 100 valence electrons. The van der Waals surface area contributed by atoms with Gasteiger partial charge in [0.1, 0.15) is 0 Å². The normalized spacial score (nSPS) is 12.2. The van der Waals surface area contributed by atoms with Gasteiger partial charge in [-0.1, -0.05) is 12.1 Å². The molecule has 1 aromatic carbocycles. The number of hydrogen-bond acceptors (Lipinski definition) is 3. The van der Waals surface area contributed by atoms with Gasteiger partial charge in [-0.3, -0.25) is 4.98 Å². The molecule has 0 radical (unpaired) electrons. The summed E-state index contributed by atoms with van der Waals surface area (Å²) in [6, 6.07) is 12.1. The van der Waals surface area contributed by atoms with Crippen molar-refractivity contribution >= 4 is 5.69 Å². The molecule has 0 aliphatic carbocycles. The van der Waals surface area contributed by atoms with Crippen molar-refractivity contribution in [3.63, 3.8) is 0 Å². The SMILES string of the molecule is C[C@@H](O)c1ccc(N(C)CCc2ccncc2)cc1. The van der Waals surface area contributed by atoms with E-state index in [0.29, 0.717) is 0 Å². The molecule has 1 atom stereocenters. The number of nitrogens with zero attached hydrogens (tertiary/aromatic N) is 2. The highest BCUT2D eigenvalue weighted by molar-refractivity contribution is 5.47. The lowest BCUT2D eigenvalue weighted by atomic mass is 10.1. The van der Waals surface area contributed by atoms with Gasteiger partial charge >= 0.3 is 0 Å². The Labute approximate surface area is 114 Å². The van der Waals surface area contributed by atoms with Gasteiger partial charge in [0.25, 0.3) is 0 Å². The Hall–Kier alpha value is -1.87. The number of anilines is 1. The first-order valence-corrected chi connectivity index (χ1v) is 6.55. The van der Waals surface area contributed by atoms with Gasteiger partial charge < -0.3 is 10.0 Å². The van der Waals surface area contributed by atoms with Crippen LogP contribution in [-0.2, 0) is 6.42 Å². The first-order valence-electron chi connectivity index (χ1n) is 6.55. The zero-order chi connectivity index (χ0) is 13.7. The zero-order valence-corrected chi connectivity index (χ0v) is 11.5. The van der Waals surface area contributed by atoms with Gasteiger partial charge in [-0.05, 0) is 48.7 Å². The topological polar surface area (TPSA) is 36.4 Å². The number of aromatic nitrogens is 1. The van der Waals surface area contributed by atoms with Crippen LogP contribution in [-0.4, -0.2) is 23.7 Å². The second-order valence-corrected chi connectivity index (χ2v) is 4.79. The minimum Gasteiger partial charge on any atom is -0.389 e. The first kappa shape index (κ1) is 13.6. The summed E-state index contributed by atoms with van der Waals surface area (Å²) in [5.41, 5.74) is 3.41. The number of aliphatic hydroxyl groups excluding tert-OH is 1. The summed E-state index contributed by atoms with van der Waals surface area (Å²) in [6.07, 6.45) is 4.24. The maximum absolute atomic E-state index is 9.49. The van der Waals surface area contributed by atoms with Gasteiger partial charge in [-0.15, -0.1) is 0 Å². The predicted octanol–water partition coefficient (Wildman–Crippen LogP) is 2.81. The summed E-state index contributed by atoms with van der Waals surface area (Å²) < 4.78 is 0. The van der Waals surface area contributed by atoms with Crippen molar-refractivity contribution in [2.45, 2.75) is 19.4 Å². The van der Waals surface area contributed by atoms with Crippen LogP contribution in [0.3, 0.4) is 0 Å². The van der Waals surface area contributed by atoms with E-state index in [0.717, 1.165) is 18.5 Å². The standard InChI is InChI=1S/C16H20N2O/c1-13(19)15-3-5-16(6-4-15)18(2)12-9-14-7-10-17-11-8-14/h3-8,10-11,13,19H,9,12H2,1-2H3/t13-/m1/s1. The van der Waals surface area contributed by atoms with Gasteiger partial charge in [0.2, 0.25) is 0 Å². The van der Waals surface area contributed by atoms with Crippen molar-refractivity contribution in [1.29, 1.82) is 0 Å². The summed E-state index contributed by atoms with van der Waals surface area (Å²) in [5, 5.41) is 9.49. The molecule has 3 nitrogen and oxygen atoms in total. The molecular weight excluding hydrogens is 236 g/mol. The van der Waals surface area contributed by atoms with Crippen molar-refractivity contribution in [1.82, 2.24) is 4.98 Å². The van der Waals surface area contributed by atoms with Crippen LogP contribution in [0.5, 0.6) is 0 Å². The van der Waals surface area contributed by atoms with E-state index in [1.54, 1.807) is 6.92 Å². The molecule has 0 saturated heterocycles. The molecule has 0 aliphatic heterocycles. The quantitative estimate of drug-likeness (QED) is 0.893. The molecule has 19 heavy (non-hydrogen) atoms. The fourth-order valence-corrected chi connectivity index (χ4v) is 1.98. The Kier molecular flexibility index (Phi) is 4.53. The Morgan fingerprint density at radius 1 is 1.11 bits per heavy atom. The highest BCUT2D eigenvalue weighted by Gasteiger charge is 2.04. The van der Waals surface area contributed by atoms with Crippen LogP contribution in [0.25, 0.3) is 0 Å². The Bertz CT molecular complexity index is 494. The second-order valence-electron chi connectivity index (χ2n) is 4.79. The summed E-state index contributed by atoms with van der Waals surface area (Å²) in [7, 11) is 2.08. The van der Waals surface area contributed by atoms with Crippen molar-refractivity contribution in [3.05, 3.63) is 59.9 Å². The van der Waals surface area contributed by atoms with E-state index in [2.05, 4.69) is 29.1 Å². The fraction of sp³-hybridized carbons (Fsp3) is 0.312. The Balaban J connectivity index is 1.94. The summed E-state index contributed by atoms with van der Waals surface area (Å²) in [5.74, 6) is 0. The van der Waals surface area contributed by atoms with Crippen molar-refractivity contribution in [3.8, 4) is 0 Å². The number of rotatable bonds is 5. The molecule has 1 heterocycles. The van der Waals surface area contributed by atoms with Gasteiger partial charge in [0.05, 0.1) is 6.10 Å². The van der Waals surface area contributed by atoms with E-state index in [-0.39, 0.29) is 0 Å². The smallest absolute Gasteiger partial charge is 0.0761 e. The van der Waals surface area contributed by atoms with Crippen LogP contribution in [0, 0.1) is 0 Å². The highest BCUT2D eigenvalue weighted by Crippen LogP contribution is 2.18. The molecule has 1 aromatic heterocycles. The molecule has 0 fully saturated rings. The van der Waals surface area contributed by atoms with Crippen LogP contribution >= 0.6 is 0 Å². The minimum atomic E-state index is -0.406. The average molecular weight is 256 g/mol. The molecule has 0 aliphatic rings. The number of hydrogen-bond donors (Lipinski definition) is 1. The molecular formula is C16H20N2O. The third kappa shape index (κ3) is 3.80. The van der Waals surface area contributed by atoms with Crippen LogP contribution < -0.4 is 4.90 Å². The average Bonchev–Trinajstić information content (AvgIpc) is 2.46. The molecule has 1 N–H and O–H groups in total. The second kappa shape index (κ2) is 6.34. The first-order chi connectivity index (χ1) is 9.16. The lowest BCUT2D eigenvalue weighted by Crippen LogP contribution is -2.20. The van der Waals surface area contributed by atoms with E-state index in [1.165, 1.54) is 11.3 Å². The van der Waals surface area contributed by atoms with E-state index in [1.807, 2.05) is 36.7 Å². The third-order valence-corrected chi connectivity index (χ3v) is 3.30. The molecule has 0 unspecified atom stereocenters. The molecule has 0 saturated carbocycles. The van der Waals surface area contributed by atoms with Crippen molar-refractivity contribution in [2.75, 3.05) is 18.5 Å². The number of likely N-dealkylation sites (N-methyl/N-ethyl adjacent to an activating group) is 1. The van der Waals surface area contributed by atoms with Crippen LogP contribution in [0.2, 0.25) is 0 Å². The summed E-state index contributed by atoms with van der Waals surface area (Å²) >= 11 is 0. The van der Waals surface area contributed by atoms with Gasteiger partial charge in [-0.25, -0.2) is 0 Å². The highest BCUT2D eigenvalue weighted by atomic mass is 16.3. The molecule has 0 spiro atoms. The molecule has 3 heteroatoms. The Morgan fingerprint density at radius 2 is 1.74 bits per heavy atom. The minimum absolute atomic E-state index is 0.406. The number of pyridine rings is 1. The Morgan fingerprint density at radius 3 is 2.32 bits per heavy atom. The number of aliphatic hydroxyl groups is 1. The van der Waals surface area contributed by atoms with Gasteiger partial charge in [-0.2, -0.15) is 0 Å². The van der Waals surface area contributed by atoms with Crippen molar-refractivity contribution < 1.29 is 5.11 Å². The van der Waals surface area contributed by atoms with E-state index in [9.17, 15) is 5.11 Å². The summed E-state index contributed by atoms with van der Waals surface area (Å²) in [4.78, 5) is 6.23. The van der Waals surface area contributed by atoms with E-state index in [4.69, 9.17) is 0 Å². The molecule has 2 rings (SSSR count). The lowest BCUT2D eigenvalue weighted by molar-refractivity contribution is 0.199. The fourth-order valence-electron chi connectivity index (χ4n) is 1.98. The lowest BCUT2D eigenvalue weighted by Gasteiger charge is -2.20. The molecule has 2 aromatic rings.